The minimum absolute atomic E-state index is 0.183. The van der Waals surface area contributed by atoms with Crippen LogP contribution in [0, 0.1) is 11.8 Å². The zero-order valence-corrected chi connectivity index (χ0v) is 21.4. The zero-order valence-electron chi connectivity index (χ0n) is 20.6. The van der Waals surface area contributed by atoms with Crippen molar-refractivity contribution in [1.82, 2.24) is 19.9 Å². The molecule has 9 heteroatoms. The molecule has 192 valence electrons. The minimum Gasteiger partial charge on any atom is -0.497 e. The Morgan fingerprint density at radius 1 is 1.22 bits per heavy atom. The van der Waals surface area contributed by atoms with E-state index in [9.17, 15) is 15.0 Å². The lowest BCUT2D eigenvalue weighted by atomic mass is 9.79. The number of aliphatic carboxylic acids is 1. The van der Waals surface area contributed by atoms with E-state index in [1.807, 2.05) is 36.7 Å². The second kappa shape index (κ2) is 13.0. The molecule has 2 N–H and O–H groups in total. The van der Waals surface area contributed by atoms with Gasteiger partial charge in [0.1, 0.15) is 12.1 Å². The van der Waals surface area contributed by atoms with Gasteiger partial charge >= 0.3 is 5.97 Å². The van der Waals surface area contributed by atoms with Crippen LogP contribution in [0.15, 0.2) is 54.1 Å². The molecule has 0 radical (unpaired) electrons. The van der Waals surface area contributed by atoms with Gasteiger partial charge in [0.05, 0.1) is 18.7 Å². The largest absolute Gasteiger partial charge is 0.497 e. The first-order chi connectivity index (χ1) is 17.5. The number of likely N-dealkylation sites (tertiary alicyclic amines) is 1. The van der Waals surface area contributed by atoms with Gasteiger partial charge in [-0.05, 0) is 73.9 Å². The minimum atomic E-state index is -0.747. The number of fused-ring (bicyclic) bond motifs is 1. The lowest BCUT2D eigenvalue weighted by Crippen LogP contribution is -2.41. The number of thioether (sulfide) groups is 1. The number of pyridine rings is 1. The number of rotatable bonds is 12. The third kappa shape index (κ3) is 7.15. The number of aliphatic hydroxyl groups is 1. The monoisotopic (exact) mass is 510 g/mol. The lowest BCUT2D eigenvalue weighted by Gasteiger charge is -2.39. The summed E-state index contributed by atoms with van der Waals surface area (Å²) in [5, 5.41) is 21.3. The Morgan fingerprint density at radius 3 is 2.83 bits per heavy atom. The first-order valence-corrected chi connectivity index (χ1v) is 13.4. The Balaban J connectivity index is 1.35. The van der Waals surface area contributed by atoms with E-state index in [0.717, 1.165) is 65.3 Å². The van der Waals surface area contributed by atoms with Gasteiger partial charge in [-0.3, -0.25) is 9.78 Å². The number of carboxylic acid groups (broad SMARTS) is 1. The van der Waals surface area contributed by atoms with Gasteiger partial charge in [0.2, 0.25) is 0 Å². The van der Waals surface area contributed by atoms with Gasteiger partial charge in [0.25, 0.3) is 0 Å². The van der Waals surface area contributed by atoms with E-state index in [4.69, 9.17) is 4.74 Å². The second-order valence-electron chi connectivity index (χ2n) is 9.34. The molecule has 0 unspecified atom stereocenters. The van der Waals surface area contributed by atoms with E-state index in [2.05, 4.69) is 19.9 Å². The molecule has 0 bridgehead atoms. The van der Waals surface area contributed by atoms with E-state index >= 15 is 0 Å². The molecule has 1 saturated heterocycles. The summed E-state index contributed by atoms with van der Waals surface area (Å²) < 4.78 is 5.37. The molecular weight excluding hydrogens is 476 g/mol. The predicted molar refractivity (Wildman–Crippen MR) is 140 cm³/mol. The molecule has 4 rings (SSSR count). The summed E-state index contributed by atoms with van der Waals surface area (Å²) >= 11 is 1.74. The van der Waals surface area contributed by atoms with E-state index in [0.29, 0.717) is 24.7 Å². The molecule has 1 aliphatic heterocycles. The van der Waals surface area contributed by atoms with Crippen molar-refractivity contribution in [2.75, 3.05) is 32.5 Å². The number of aliphatic hydroxyl groups excluding tert-OH is 1. The molecule has 0 aliphatic carbocycles. The molecule has 0 saturated carbocycles. The number of piperidine rings is 1. The maximum absolute atomic E-state index is 11.3. The molecule has 0 amide bonds. The number of aromatic nitrogens is 3. The van der Waals surface area contributed by atoms with Gasteiger partial charge in [-0.15, -0.1) is 11.8 Å². The van der Waals surface area contributed by atoms with Crippen molar-refractivity contribution in [3.05, 3.63) is 54.7 Å². The number of carbonyl (C=O) groups is 1. The summed E-state index contributed by atoms with van der Waals surface area (Å²) in [6.07, 6.45) is 9.68. The van der Waals surface area contributed by atoms with Crippen LogP contribution in [0.5, 0.6) is 5.75 Å². The standard InChI is InChI=1S/C27H34N4O4S/c1-35-21-4-5-25-24(14-21)23(8-10-30-25)26(32)6-2-19-9-11-31(17-20(19)3-7-27(33)34)12-13-36-22-15-28-18-29-16-22/h4-5,8,10,14-16,18-20,26,32H,2-3,6-7,9,11-13,17H2,1H3,(H,33,34)/t19-,20-,26-/m1/s1. The number of benzene rings is 1. The summed E-state index contributed by atoms with van der Waals surface area (Å²) in [6, 6.07) is 7.59. The summed E-state index contributed by atoms with van der Waals surface area (Å²) in [5.74, 6) is 1.64. The molecule has 3 aromatic rings. The fourth-order valence-electron chi connectivity index (χ4n) is 5.12. The molecule has 1 aromatic carbocycles. The van der Waals surface area contributed by atoms with Crippen LogP contribution in [0.1, 0.15) is 43.8 Å². The van der Waals surface area contributed by atoms with Gasteiger partial charge in [0, 0.05) is 54.1 Å². The fraction of sp³-hybridized carbons (Fsp3) is 0.481. The van der Waals surface area contributed by atoms with Crippen molar-refractivity contribution < 1.29 is 19.7 Å². The Morgan fingerprint density at radius 2 is 2.06 bits per heavy atom. The Hall–Kier alpha value is -2.75. The summed E-state index contributed by atoms with van der Waals surface area (Å²) in [5.41, 5.74) is 1.69. The molecule has 3 heterocycles. The lowest BCUT2D eigenvalue weighted by molar-refractivity contribution is -0.137. The average molecular weight is 511 g/mol. The van der Waals surface area contributed by atoms with E-state index in [-0.39, 0.29) is 6.42 Å². The van der Waals surface area contributed by atoms with Crippen LogP contribution in [0.25, 0.3) is 10.9 Å². The molecule has 2 aromatic heterocycles. The van der Waals surface area contributed by atoms with Crippen LogP contribution in [0.2, 0.25) is 0 Å². The first kappa shape index (κ1) is 26.3. The van der Waals surface area contributed by atoms with Gasteiger partial charge in [-0.25, -0.2) is 9.97 Å². The van der Waals surface area contributed by atoms with Crippen molar-refractivity contribution >= 4 is 28.6 Å². The van der Waals surface area contributed by atoms with Crippen LogP contribution in [0.4, 0.5) is 0 Å². The Labute approximate surface area is 216 Å². The Kier molecular flexibility index (Phi) is 9.49. The molecular formula is C27H34N4O4S. The van der Waals surface area contributed by atoms with Crippen molar-refractivity contribution in [3.8, 4) is 5.75 Å². The average Bonchev–Trinajstić information content (AvgIpc) is 2.91. The quantitative estimate of drug-likeness (QED) is 0.342. The normalized spacial score (nSPS) is 19.3. The SMILES string of the molecule is COc1ccc2nccc([C@H](O)CC[C@@H]3CCN(CCSc4cncnc4)C[C@H]3CCC(=O)O)c2c1. The first-order valence-electron chi connectivity index (χ1n) is 12.5. The zero-order chi connectivity index (χ0) is 25.3. The second-order valence-corrected chi connectivity index (χ2v) is 10.5. The highest BCUT2D eigenvalue weighted by Crippen LogP contribution is 2.35. The van der Waals surface area contributed by atoms with Crippen LogP contribution in [0.3, 0.4) is 0 Å². The number of hydrogen-bond acceptors (Lipinski definition) is 8. The van der Waals surface area contributed by atoms with Crippen molar-refractivity contribution in [1.29, 1.82) is 0 Å². The molecule has 8 nitrogen and oxygen atoms in total. The highest BCUT2D eigenvalue weighted by atomic mass is 32.2. The van der Waals surface area contributed by atoms with Gasteiger partial charge < -0.3 is 19.8 Å². The highest BCUT2D eigenvalue weighted by molar-refractivity contribution is 7.99. The molecule has 1 fully saturated rings. The van der Waals surface area contributed by atoms with Gasteiger partial charge in [-0.2, -0.15) is 0 Å². The Bertz CT molecular complexity index is 1130. The van der Waals surface area contributed by atoms with Crippen LogP contribution < -0.4 is 4.74 Å². The van der Waals surface area contributed by atoms with E-state index in [1.54, 1.807) is 25.1 Å². The van der Waals surface area contributed by atoms with Crippen LogP contribution >= 0.6 is 11.8 Å². The topological polar surface area (TPSA) is 109 Å². The molecule has 36 heavy (non-hydrogen) atoms. The number of carboxylic acids is 1. The van der Waals surface area contributed by atoms with Gasteiger partial charge in [-0.1, -0.05) is 0 Å². The van der Waals surface area contributed by atoms with Crippen molar-refractivity contribution in [3.63, 3.8) is 0 Å². The number of methoxy groups -OCH3 is 1. The van der Waals surface area contributed by atoms with E-state index < -0.39 is 12.1 Å². The smallest absolute Gasteiger partial charge is 0.303 e. The van der Waals surface area contributed by atoms with Crippen molar-refractivity contribution in [2.45, 2.75) is 43.1 Å². The molecule has 0 spiro atoms. The van der Waals surface area contributed by atoms with Crippen molar-refractivity contribution in [2.24, 2.45) is 11.8 Å². The maximum Gasteiger partial charge on any atom is 0.303 e. The molecule has 1 aliphatic rings. The van der Waals surface area contributed by atoms with Gasteiger partial charge in [0.15, 0.2) is 0 Å². The number of ether oxygens (including phenoxy) is 1. The summed E-state index contributed by atoms with van der Waals surface area (Å²) in [6.45, 7) is 2.84. The third-order valence-corrected chi connectivity index (χ3v) is 8.00. The highest BCUT2D eigenvalue weighted by Gasteiger charge is 2.30. The predicted octanol–water partition coefficient (Wildman–Crippen LogP) is 4.44. The summed E-state index contributed by atoms with van der Waals surface area (Å²) in [4.78, 5) is 27.4. The fourth-order valence-corrected chi connectivity index (χ4v) is 5.98. The number of nitrogens with zero attached hydrogens (tertiary/aromatic N) is 4. The van der Waals surface area contributed by atoms with Crippen LogP contribution in [-0.4, -0.2) is 68.5 Å². The maximum atomic E-state index is 11.3. The van der Waals surface area contributed by atoms with Crippen LogP contribution in [-0.2, 0) is 4.79 Å². The molecule has 3 atom stereocenters. The number of hydrogen-bond donors (Lipinski definition) is 2. The van der Waals surface area contributed by atoms with E-state index in [1.165, 1.54) is 6.33 Å². The third-order valence-electron chi connectivity index (χ3n) is 7.07. The summed E-state index contributed by atoms with van der Waals surface area (Å²) in [7, 11) is 1.63.